The SMILES string of the molecule is Cc1ccc(-c2cc(-c3ccccc3)c3cc(Cl)ccc3n2)o1. The van der Waals surface area contributed by atoms with Crippen LogP contribution in [0.15, 0.2) is 71.1 Å². The smallest absolute Gasteiger partial charge is 0.152 e. The van der Waals surface area contributed by atoms with Crippen molar-refractivity contribution in [1.29, 1.82) is 0 Å². The number of rotatable bonds is 2. The highest BCUT2D eigenvalue weighted by molar-refractivity contribution is 6.31. The first-order valence-electron chi connectivity index (χ1n) is 7.43. The Balaban J connectivity index is 2.03. The van der Waals surface area contributed by atoms with Gasteiger partial charge < -0.3 is 4.42 Å². The molecule has 0 aliphatic heterocycles. The van der Waals surface area contributed by atoms with E-state index in [0.717, 1.165) is 39.2 Å². The largest absolute Gasteiger partial charge is 0.460 e. The fourth-order valence-electron chi connectivity index (χ4n) is 2.75. The molecule has 0 amide bonds. The number of aryl methyl sites for hydroxylation is 1. The zero-order valence-electron chi connectivity index (χ0n) is 12.6. The van der Waals surface area contributed by atoms with E-state index in [1.54, 1.807) is 0 Å². The van der Waals surface area contributed by atoms with Crippen molar-refractivity contribution in [3.8, 4) is 22.6 Å². The van der Waals surface area contributed by atoms with Crippen molar-refractivity contribution in [2.75, 3.05) is 0 Å². The lowest BCUT2D eigenvalue weighted by atomic mass is 10.00. The molecule has 0 aliphatic rings. The van der Waals surface area contributed by atoms with Gasteiger partial charge >= 0.3 is 0 Å². The highest BCUT2D eigenvalue weighted by atomic mass is 35.5. The van der Waals surface area contributed by atoms with Gasteiger partial charge in [0.25, 0.3) is 0 Å². The highest BCUT2D eigenvalue weighted by Gasteiger charge is 2.12. The number of benzene rings is 2. The quantitative estimate of drug-likeness (QED) is 0.444. The van der Waals surface area contributed by atoms with Crippen molar-refractivity contribution in [2.24, 2.45) is 0 Å². The molecule has 0 atom stereocenters. The summed E-state index contributed by atoms with van der Waals surface area (Å²) in [4.78, 5) is 4.73. The standard InChI is InChI=1S/C20H14ClNO/c1-13-7-10-20(23-13)19-12-16(14-5-3-2-4-6-14)17-11-15(21)8-9-18(17)22-19/h2-12H,1H3. The molecule has 23 heavy (non-hydrogen) atoms. The summed E-state index contributed by atoms with van der Waals surface area (Å²) in [7, 11) is 0. The molecule has 4 aromatic rings. The number of aromatic nitrogens is 1. The Morgan fingerprint density at radius 1 is 0.913 bits per heavy atom. The van der Waals surface area contributed by atoms with E-state index in [1.165, 1.54) is 0 Å². The number of pyridine rings is 1. The summed E-state index contributed by atoms with van der Waals surface area (Å²) in [6.07, 6.45) is 0. The van der Waals surface area contributed by atoms with Crippen LogP contribution in [0.4, 0.5) is 0 Å². The molecule has 2 aromatic heterocycles. The van der Waals surface area contributed by atoms with Crippen LogP contribution in [0.3, 0.4) is 0 Å². The van der Waals surface area contributed by atoms with Crippen molar-refractivity contribution < 1.29 is 4.42 Å². The second-order valence-corrected chi connectivity index (χ2v) is 5.93. The van der Waals surface area contributed by atoms with E-state index in [9.17, 15) is 0 Å². The average molecular weight is 320 g/mol. The molecule has 2 heterocycles. The molecule has 2 aromatic carbocycles. The fraction of sp³-hybridized carbons (Fsp3) is 0.0500. The van der Waals surface area contributed by atoms with Crippen LogP contribution in [-0.4, -0.2) is 4.98 Å². The molecule has 112 valence electrons. The molecule has 0 saturated heterocycles. The van der Waals surface area contributed by atoms with Crippen LogP contribution in [-0.2, 0) is 0 Å². The Morgan fingerprint density at radius 2 is 1.74 bits per heavy atom. The summed E-state index contributed by atoms with van der Waals surface area (Å²) < 4.78 is 5.74. The average Bonchev–Trinajstić information content (AvgIpc) is 3.01. The van der Waals surface area contributed by atoms with Crippen LogP contribution in [0.1, 0.15) is 5.76 Å². The Labute approximate surface area is 139 Å². The number of furan rings is 1. The number of nitrogens with zero attached hydrogens (tertiary/aromatic N) is 1. The third-order valence-electron chi connectivity index (χ3n) is 3.85. The summed E-state index contributed by atoms with van der Waals surface area (Å²) in [5, 5.41) is 1.74. The van der Waals surface area contributed by atoms with Crippen molar-refractivity contribution in [3.05, 3.63) is 77.5 Å². The zero-order valence-corrected chi connectivity index (χ0v) is 13.3. The van der Waals surface area contributed by atoms with E-state index in [2.05, 4.69) is 18.2 Å². The Hall–Kier alpha value is -2.58. The molecule has 0 spiro atoms. The van der Waals surface area contributed by atoms with Crippen LogP contribution < -0.4 is 0 Å². The van der Waals surface area contributed by atoms with Gasteiger partial charge in [0.1, 0.15) is 11.5 Å². The second-order valence-electron chi connectivity index (χ2n) is 5.49. The molecule has 0 saturated carbocycles. The van der Waals surface area contributed by atoms with Crippen molar-refractivity contribution in [1.82, 2.24) is 4.98 Å². The normalized spacial score (nSPS) is 11.0. The number of hydrogen-bond acceptors (Lipinski definition) is 2. The van der Waals surface area contributed by atoms with Gasteiger partial charge in [0.2, 0.25) is 0 Å². The maximum Gasteiger partial charge on any atom is 0.152 e. The summed E-state index contributed by atoms with van der Waals surface area (Å²) in [5.74, 6) is 1.65. The summed E-state index contributed by atoms with van der Waals surface area (Å²) in [6, 6.07) is 22.0. The van der Waals surface area contributed by atoms with E-state index in [0.29, 0.717) is 5.02 Å². The maximum absolute atomic E-state index is 6.19. The molecule has 0 bridgehead atoms. The minimum absolute atomic E-state index is 0.707. The predicted molar refractivity (Wildman–Crippen MR) is 94.6 cm³/mol. The fourth-order valence-corrected chi connectivity index (χ4v) is 2.93. The van der Waals surface area contributed by atoms with Gasteiger partial charge in [0.15, 0.2) is 5.76 Å². The van der Waals surface area contributed by atoms with E-state index >= 15 is 0 Å². The van der Waals surface area contributed by atoms with Gasteiger partial charge in [0.05, 0.1) is 5.52 Å². The minimum Gasteiger partial charge on any atom is -0.460 e. The third-order valence-corrected chi connectivity index (χ3v) is 4.08. The molecule has 4 rings (SSSR count). The van der Waals surface area contributed by atoms with Crippen LogP contribution in [0.5, 0.6) is 0 Å². The van der Waals surface area contributed by atoms with Crippen LogP contribution in [0.2, 0.25) is 5.02 Å². The first-order chi connectivity index (χ1) is 11.2. The zero-order chi connectivity index (χ0) is 15.8. The number of halogens is 1. The van der Waals surface area contributed by atoms with Gasteiger partial charge in [-0.05, 0) is 54.4 Å². The molecule has 2 nitrogen and oxygen atoms in total. The molecule has 0 fully saturated rings. The van der Waals surface area contributed by atoms with Crippen molar-refractivity contribution >= 4 is 22.5 Å². The van der Waals surface area contributed by atoms with Crippen LogP contribution in [0.25, 0.3) is 33.5 Å². The van der Waals surface area contributed by atoms with Gasteiger partial charge in [-0.2, -0.15) is 0 Å². The highest BCUT2D eigenvalue weighted by Crippen LogP contribution is 2.33. The van der Waals surface area contributed by atoms with Gasteiger partial charge in [-0.1, -0.05) is 41.9 Å². The van der Waals surface area contributed by atoms with E-state index in [4.69, 9.17) is 21.0 Å². The van der Waals surface area contributed by atoms with E-state index in [1.807, 2.05) is 55.5 Å². The first kappa shape index (κ1) is 14.0. The maximum atomic E-state index is 6.19. The number of hydrogen-bond donors (Lipinski definition) is 0. The molecule has 0 radical (unpaired) electrons. The minimum atomic E-state index is 0.707. The third kappa shape index (κ3) is 2.62. The predicted octanol–water partition coefficient (Wildman–Crippen LogP) is 6.12. The molecule has 0 unspecified atom stereocenters. The summed E-state index contributed by atoms with van der Waals surface area (Å²) in [6.45, 7) is 1.93. The monoisotopic (exact) mass is 319 g/mol. The van der Waals surface area contributed by atoms with Crippen LogP contribution in [0, 0.1) is 6.92 Å². The van der Waals surface area contributed by atoms with E-state index in [-0.39, 0.29) is 0 Å². The Bertz CT molecular complexity index is 989. The van der Waals surface area contributed by atoms with Gasteiger partial charge in [-0.15, -0.1) is 0 Å². The summed E-state index contributed by atoms with van der Waals surface area (Å²) in [5.41, 5.74) is 3.96. The second kappa shape index (κ2) is 5.56. The van der Waals surface area contributed by atoms with Gasteiger partial charge in [-0.3, -0.25) is 0 Å². The topological polar surface area (TPSA) is 26.0 Å². The lowest BCUT2D eigenvalue weighted by Gasteiger charge is -2.09. The van der Waals surface area contributed by atoms with Crippen molar-refractivity contribution in [3.63, 3.8) is 0 Å². The lowest BCUT2D eigenvalue weighted by Crippen LogP contribution is -1.89. The first-order valence-corrected chi connectivity index (χ1v) is 7.81. The lowest BCUT2D eigenvalue weighted by molar-refractivity contribution is 0.546. The number of fused-ring (bicyclic) bond motifs is 1. The Morgan fingerprint density at radius 3 is 2.48 bits per heavy atom. The van der Waals surface area contributed by atoms with Crippen molar-refractivity contribution in [2.45, 2.75) is 6.92 Å². The van der Waals surface area contributed by atoms with E-state index < -0.39 is 0 Å². The van der Waals surface area contributed by atoms with Crippen LogP contribution >= 0.6 is 11.6 Å². The summed E-state index contributed by atoms with van der Waals surface area (Å²) >= 11 is 6.19. The Kier molecular flexibility index (Phi) is 3.40. The molecule has 0 N–H and O–H groups in total. The molecular formula is C20H14ClNO. The molecule has 3 heteroatoms. The molecular weight excluding hydrogens is 306 g/mol. The van der Waals surface area contributed by atoms with Gasteiger partial charge in [-0.25, -0.2) is 4.98 Å². The molecule has 0 aliphatic carbocycles. The van der Waals surface area contributed by atoms with Gasteiger partial charge in [0, 0.05) is 10.4 Å².